The third-order valence-electron chi connectivity index (χ3n) is 3.64. The first kappa shape index (κ1) is 14.0. The molecule has 2 rings (SSSR count). The van der Waals surface area contributed by atoms with E-state index in [-0.39, 0.29) is 0 Å². The zero-order chi connectivity index (χ0) is 12.8. The highest BCUT2D eigenvalue weighted by atomic mass is 79.9. The second-order valence-corrected chi connectivity index (χ2v) is 5.83. The Labute approximate surface area is 118 Å². The lowest BCUT2D eigenvalue weighted by Crippen LogP contribution is -2.41. The maximum atomic E-state index is 5.48. The molecule has 0 unspecified atom stereocenters. The molecule has 3 nitrogen and oxygen atoms in total. The summed E-state index contributed by atoms with van der Waals surface area (Å²) in [5, 5.41) is 1.06. The van der Waals surface area contributed by atoms with Crippen LogP contribution in [0.5, 0.6) is 0 Å². The smallest absolute Gasteiger partial charge is 0.0472 e. The number of hydrogen-bond donors (Lipinski definition) is 0. The summed E-state index contributed by atoms with van der Waals surface area (Å²) >= 11 is 3.69. The van der Waals surface area contributed by atoms with Crippen LogP contribution in [0, 0.1) is 5.41 Å². The fraction of sp³-hybridized carbons (Fsp3) is 0.643. The van der Waals surface area contributed by atoms with Crippen molar-refractivity contribution in [1.82, 2.24) is 9.88 Å². The Bertz CT molecular complexity index is 352. The number of aromatic nitrogens is 1. The number of halogens is 1. The Kier molecular flexibility index (Phi) is 5.15. The van der Waals surface area contributed by atoms with E-state index in [1.807, 2.05) is 12.4 Å². The molecular formula is C14H21BrN2O. The molecule has 0 aliphatic carbocycles. The van der Waals surface area contributed by atoms with Crippen LogP contribution in [0.15, 0.2) is 24.5 Å². The van der Waals surface area contributed by atoms with Crippen molar-refractivity contribution in [1.29, 1.82) is 0 Å². The number of pyridine rings is 1. The summed E-state index contributed by atoms with van der Waals surface area (Å²) in [5.41, 5.74) is 1.70. The summed E-state index contributed by atoms with van der Waals surface area (Å²) in [6, 6.07) is 4.17. The molecule has 2 heterocycles. The van der Waals surface area contributed by atoms with Gasteiger partial charge in [0.1, 0.15) is 0 Å². The largest absolute Gasteiger partial charge is 0.381 e. The average molecular weight is 313 g/mol. The van der Waals surface area contributed by atoms with E-state index in [9.17, 15) is 0 Å². The maximum Gasteiger partial charge on any atom is 0.0472 e. The Morgan fingerprint density at radius 2 is 2.00 bits per heavy atom. The molecule has 0 saturated carbocycles. The number of hydrogen-bond acceptors (Lipinski definition) is 3. The lowest BCUT2D eigenvalue weighted by atomic mass is 9.82. The quantitative estimate of drug-likeness (QED) is 0.782. The first-order valence-electron chi connectivity index (χ1n) is 6.45. The minimum Gasteiger partial charge on any atom is -0.381 e. The van der Waals surface area contributed by atoms with Crippen molar-refractivity contribution in [2.75, 3.05) is 32.1 Å². The van der Waals surface area contributed by atoms with Gasteiger partial charge in [0.05, 0.1) is 0 Å². The Morgan fingerprint density at radius 3 is 2.61 bits per heavy atom. The highest BCUT2D eigenvalue weighted by molar-refractivity contribution is 9.09. The highest BCUT2D eigenvalue weighted by Crippen LogP contribution is 2.33. The fourth-order valence-electron chi connectivity index (χ4n) is 2.57. The summed E-state index contributed by atoms with van der Waals surface area (Å²) in [6.07, 6.45) is 6.02. The predicted molar refractivity (Wildman–Crippen MR) is 76.9 cm³/mol. The summed E-state index contributed by atoms with van der Waals surface area (Å²) in [6.45, 7) is 3.89. The van der Waals surface area contributed by atoms with Crippen LogP contribution in [0.25, 0.3) is 0 Å². The molecule has 0 aromatic carbocycles. The van der Waals surface area contributed by atoms with Crippen molar-refractivity contribution in [3.63, 3.8) is 0 Å². The normalized spacial score (nSPS) is 19.1. The van der Waals surface area contributed by atoms with Gasteiger partial charge in [-0.2, -0.15) is 0 Å². The Balaban J connectivity index is 1.91. The third kappa shape index (κ3) is 3.77. The van der Waals surface area contributed by atoms with Crippen LogP contribution in [0.1, 0.15) is 18.4 Å². The van der Waals surface area contributed by atoms with Crippen LogP contribution in [0.3, 0.4) is 0 Å². The molecule has 0 N–H and O–H groups in total. The lowest BCUT2D eigenvalue weighted by Gasteiger charge is -2.38. The van der Waals surface area contributed by atoms with E-state index in [0.717, 1.165) is 44.5 Å². The fourth-order valence-corrected chi connectivity index (χ4v) is 3.30. The molecule has 0 atom stereocenters. The van der Waals surface area contributed by atoms with E-state index in [1.165, 1.54) is 5.56 Å². The number of ether oxygens (including phenoxy) is 1. The molecule has 0 radical (unpaired) electrons. The maximum absolute atomic E-state index is 5.48. The van der Waals surface area contributed by atoms with E-state index in [1.54, 1.807) is 0 Å². The summed E-state index contributed by atoms with van der Waals surface area (Å²) < 4.78 is 5.48. The standard InChI is InChI=1S/C14H21BrN2O/c1-17(10-13-2-6-16-7-3-13)12-14(11-15)4-8-18-9-5-14/h2-3,6-7H,4-5,8-12H2,1H3. The molecule has 1 aliphatic heterocycles. The van der Waals surface area contributed by atoms with Gasteiger partial charge >= 0.3 is 0 Å². The summed E-state index contributed by atoms with van der Waals surface area (Å²) in [5.74, 6) is 0. The van der Waals surface area contributed by atoms with E-state index in [2.05, 4.69) is 45.0 Å². The van der Waals surface area contributed by atoms with Crippen LogP contribution in [-0.4, -0.2) is 42.0 Å². The molecular weight excluding hydrogens is 292 g/mol. The minimum atomic E-state index is 0.375. The van der Waals surface area contributed by atoms with Crippen molar-refractivity contribution >= 4 is 15.9 Å². The van der Waals surface area contributed by atoms with Crippen LogP contribution in [0.2, 0.25) is 0 Å². The van der Waals surface area contributed by atoms with Crippen molar-refractivity contribution in [2.45, 2.75) is 19.4 Å². The van der Waals surface area contributed by atoms with E-state index in [4.69, 9.17) is 4.74 Å². The predicted octanol–water partition coefficient (Wildman–Crippen LogP) is 2.71. The van der Waals surface area contributed by atoms with Gasteiger partial charge in [0.25, 0.3) is 0 Å². The van der Waals surface area contributed by atoms with Gasteiger partial charge in [-0.05, 0) is 43.0 Å². The first-order chi connectivity index (χ1) is 8.74. The van der Waals surface area contributed by atoms with Gasteiger partial charge in [-0.25, -0.2) is 0 Å². The number of nitrogens with zero attached hydrogens (tertiary/aromatic N) is 2. The van der Waals surface area contributed by atoms with Crippen LogP contribution in [0.4, 0.5) is 0 Å². The topological polar surface area (TPSA) is 25.4 Å². The second-order valence-electron chi connectivity index (χ2n) is 5.27. The van der Waals surface area contributed by atoms with Gasteiger partial charge in [-0.15, -0.1) is 0 Å². The number of rotatable bonds is 5. The van der Waals surface area contributed by atoms with Crippen molar-refractivity contribution in [3.05, 3.63) is 30.1 Å². The zero-order valence-electron chi connectivity index (χ0n) is 10.9. The Hall–Kier alpha value is -0.450. The second kappa shape index (κ2) is 6.64. The SMILES string of the molecule is CN(Cc1ccncc1)CC1(CBr)CCOCC1. The van der Waals surface area contributed by atoms with Crippen LogP contribution in [-0.2, 0) is 11.3 Å². The molecule has 0 amide bonds. The zero-order valence-corrected chi connectivity index (χ0v) is 12.5. The van der Waals surface area contributed by atoms with Gasteiger partial charge in [-0.1, -0.05) is 15.9 Å². The Morgan fingerprint density at radius 1 is 1.33 bits per heavy atom. The molecule has 1 aliphatic rings. The van der Waals surface area contributed by atoms with Crippen molar-refractivity contribution in [2.24, 2.45) is 5.41 Å². The van der Waals surface area contributed by atoms with Gasteiger partial charge in [0.2, 0.25) is 0 Å². The monoisotopic (exact) mass is 312 g/mol. The molecule has 4 heteroatoms. The molecule has 1 aromatic heterocycles. The molecule has 0 bridgehead atoms. The lowest BCUT2D eigenvalue weighted by molar-refractivity contribution is 0.0110. The molecule has 1 fully saturated rings. The van der Waals surface area contributed by atoms with Crippen molar-refractivity contribution < 1.29 is 4.74 Å². The van der Waals surface area contributed by atoms with Crippen LogP contribution >= 0.6 is 15.9 Å². The molecule has 1 saturated heterocycles. The molecule has 1 aromatic rings. The van der Waals surface area contributed by atoms with Crippen LogP contribution < -0.4 is 0 Å². The van der Waals surface area contributed by atoms with Gasteiger partial charge in [-0.3, -0.25) is 4.98 Å². The summed E-state index contributed by atoms with van der Waals surface area (Å²) in [4.78, 5) is 6.46. The number of alkyl halides is 1. The minimum absolute atomic E-state index is 0.375. The van der Waals surface area contributed by atoms with Gasteiger partial charge in [0.15, 0.2) is 0 Å². The summed E-state index contributed by atoms with van der Waals surface area (Å²) in [7, 11) is 2.19. The van der Waals surface area contributed by atoms with E-state index >= 15 is 0 Å². The van der Waals surface area contributed by atoms with E-state index in [0.29, 0.717) is 5.41 Å². The molecule has 100 valence electrons. The van der Waals surface area contributed by atoms with E-state index < -0.39 is 0 Å². The highest BCUT2D eigenvalue weighted by Gasteiger charge is 2.32. The van der Waals surface area contributed by atoms with Crippen molar-refractivity contribution in [3.8, 4) is 0 Å². The molecule has 18 heavy (non-hydrogen) atoms. The van der Waals surface area contributed by atoms with Gasteiger partial charge < -0.3 is 9.64 Å². The molecule has 0 spiro atoms. The third-order valence-corrected chi connectivity index (χ3v) is 4.83. The van der Waals surface area contributed by atoms with Gasteiger partial charge in [0, 0.05) is 44.0 Å². The first-order valence-corrected chi connectivity index (χ1v) is 7.57. The average Bonchev–Trinajstić information content (AvgIpc) is 2.41.